The van der Waals surface area contributed by atoms with Gasteiger partial charge in [-0.05, 0) is 297 Å². The summed E-state index contributed by atoms with van der Waals surface area (Å²) in [4.78, 5) is 86.6. The van der Waals surface area contributed by atoms with E-state index >= 15 is 0 Å². The molecule has 2 N–H and O–H groups in total. The van der Waals surface area contributed by atoms with Crippen LogP contribution >= 0.6 is 0 Å². The van der Waals surface area contributed by atoms with E-state index in [1.165, 1.54) is 34.4 Å². The van der Waals surface area contributed by atoms with Gasteiger partial charge in [-0.1, -0.05) is 128 Å². The topological polar surface area (TPSA) is 250 Å². The fourth-order valence-corrected chi connectivity index (χ4v) is 18.1. The first-order valence-electron chi connectivity index (χ1n) is 45.3. The highest BCUT2D eigenvalue weighted by atomic mass is 16.7. The van der Waals surface area contributed by atoms with Gasteiger partial charge in [0.1, 0.15) is 18.8 Å². The molecule has 9 saturated heterocycles. The predicted octanol–water partition coefficient (Wildman–Crippen LogP) is 18.2. The molecule has 5 aromatic carbocycles. The van der Waals surface area contributed by atoms with Gasteiger partial charge in [-0.3, -0.25) is 9.59 Å². The summed E-state index contributed by atoms with van der Waals surface area (Å²) < 4.78 is 66.4. The zero-order valence-electron chi connectivity index (χ0n) is 77.9. The zero-order valence-corrected chi connectivity index (χ0v) is 77.9. The highest BCUT2D eigenvalue weighted by molar-refractivity contribution is 6.50. The number of nitrogens with one attached hydrogen (secondary N) is 2. The molecule has 28 heteroatoms. The highest BCUT2D eigenvalue weighted by Gasteiger charge is 2.61. The summed E-state index contributed by atoms with van der Waals surface area (Å²) in [5, 5.41) is 7.34. The van der Waals surface area contributed by atoms with E-state index in [0.717, 1.165) is 99.8 Å². The smallest absolute Gasteiger partial charge is 0.448 e. The number of hydrogen-bond donors (Lipinski definition) is 2. The van der Waals surface area contributed by atoms with Crippen LogP contribution in [0.25, 0.3) is 22.3 Å². The van der Waals surface area contributed by atoms with E-state index in [-0.39, 0.29) is 126 Å². The van der Waals surface area contributed by atoms with Gasteiger partial charge >= 0.3 is 52.7 Å². The SMILES string of the molecule is CC(C)(C)OC(=O)N1CCC(B2OC(C)(C)C(C)(C)O2)CC1.CC1(B2OC(C)(C)C(C)(C)O2)CCN(C(=O)OCC2c3ccccc3-c3ccccc32)CC1.CC1(B2OC(C)(C)C(C)(C)O2)CCNCC1.CC1(C(=O)ON2C(=O)c3ccccc3C2=O)CCN(C(=O)OCC2c3ccccc3-c3ccccc32)CC1.CC1(C)OB(C2CCNCC2)OC1(C)C. The van der Waals surface area contributed by atoms with Crippen LogP contribution in [-0.2, 0) is 61.1 Å². The maximum atomic E-state index is 13.0. The summed E-state index contributed by atoms with van der Waals surface area (Å²) >= 11 is 0. The fraction of sp³-hybridized carbons (Fsp3) is 0.625. The van der Waals surface area contributed by atoms with Gasteiger partial charge in [-0.2, -0.15) is 0 Å². The molecule has 124 heavy (non-hydrogen) atoms. The normalized spacial score (nSPS) is 23.8. The van der Waals surface area contributed by atoms with Crippen molar-refractivity contribution in [3.8, 4) is 22.3 Å². The Morgan fingerprint density at radius 3 is 1.01 bits per heavy atom. The number of rotatable bonds is 10. The first-order chi connectivity index (χ1) is 58.1. The molecule has 24 nitrogen and oxygen atoms in total. The van der Waals surface area contributed by atoms with E-state index in [2.05, 4.69) is 208 Å². The molecule has 12 aliphatic rings. The number of carbonyl (C=O) groups excluding carboxylic acids is 6. The Labute approximate surface area is 738 Å². The standard InChI is InChI=1S/C30H26N2O6.C27H34BNO4.C16H30BNO4.C12H24BNO2.C11H22BNO2/c1-30(28(35)38-32-26(33)23-12-6-7-13-24(23)27(32)34)14-16-31(17-15-30)29(36)37-18-25-21-10-4-2-8-19(21)20-9-3-5-11-22(20)25;1-25(2)26(3,4)33-28(32-25)27(5)14-16-29(17-15-27)24(30)31-18-23-21-12-8-6-10-19(21)20-11-7-9-13-22(20)23;1-14(2,3)20-13(19)18-10-8-12(9-11-18)17-21-15(4,5)16(6,7)22-17;1-10(2)11(3,4)16-13(15-10)12(5)6-8-14-9-7-12;1-10(2)11(3,4)15-12(14-10)9-5-7-13-8-6-9/h2-13,25H,14-18H2,1H3;6-13,23H,14-18H2,1-5H3;12H,8-11H2,1-7H3;14H,6-9H2,1-5H3;9,13H,5-8H2,1-4H3. The van der Waals surface area contributed by atoms with Crippen LogP contribution < -0.4 is 10.6 Å². The molecule has 0 bridgehead atoms. The molecular formula is C96H136B4N6O18. The Morgan fingerprint density at radius 1 is 0.371 bits per heavy atom. The Balaban J connectivity index is 0.000000140. The van der Waals surface area contributed by atoms with Crippen LogP contribution in [0.1, 0.15) is 271 Å². The summed E-state index contributed by atoms with van der Waals surface area (Å²) in [6.07, 6.45) is 7.77. The minimum atomic E-state index is -0.949. The number of hydroxylamine groups is 2. The lowest BCUT2D eigenvalue weighted by molar-refractivity contribution is -0.182. The molecule has 0 spiro atoms. The van der Waals surface area contributed by atoms with Crippen LogP contribution in [0.4, 0.5) is 14.4 Å². The summed E-state index contributed by atoms with van der Waals surface area (Å²) in [6, 6.07) is 39.5. The molecule has 0 saturated carbocycles. The van der Waals surface area contributed by atoms with Crippen molar-refractivity contribution in [1.29, 1.82) is 0 Å². The van der Waals surface area contributed by atoms with Gasteiger partial charge < -0.3 is 81.6 Å². The van der Waals surface area contributed by atoms with Gasteiger partial charge in [-0.15, -0.1) is 0 Å². The lowest BCUT2D eigenvalue weighted by Crippen LogP contribution is -2.48. The van der Waals surface area contributed by atoms with E-state index < -0.39 is 34.9 Å². The first-order valence-corrected chi connectivity index (χ1v) is 45.3. The quantitative estimate of drug-likeness (QED) is 0.0749. The number of carbonyl (C=O) groups is 6. The highest BCUT2D eigenvalue weighted by Crippen LogP contribution is 2.54. The molecule has 2 aliphatic carbocycles. The Bertz CT molecular complexity index is 4470. The molecule has 0 aromatic heterocycles. The van der Waals surface area contributed by atoms with E-state index in [4.69, 9.17) is 56.3 Å². The molecule has 670 valence electrons. The third-order valence-electron chi connectivity index (χ3n) is 29.7. The molecule has 10 heterocycles. The van der Waals surface area contributed by atoms with Gasteiger partial charge in [-0.25, -0.2) is 19.2 Å². The predicted molar refractivity (Wildman–Crippen MR) is 483 cm³/mol. The van der Waals surface area contributed by atoms with Crippen molar-refractivity contribution in [1.82, 2.24) is 30.4 Å². The molecule has 9 fully saturated rings. The van der Waals surface area contributed by atoms with Crippen molar-refractivity contribution < 1.29 is 85.1 Å². The molecule has 0 radical (unpaired) electrons. The van der Waals surface area contributed by atoms with Gasteiger partial charge in [0.25, 0.3) is 11.8 Å². The lowest BCUT2D eigenvalue weighted by atomic mass is 9.54. The van der Waals surface area contributed by atoms with Crippen molar-refractivity contribution in [3.05, 3.63) is 155 Å². The minimum absolute atomic E-state index is 0.00269. The number of ether oxygens (including phenoxy) is 3. The van der Waals surface area contributed by atoms with E-state index in [1.807, 2.05) is 49.9 Å². The van der Waals surface area contributed by atoms with Crippen LogP contribution in [-0.4, -0.2) is 213 Å². The van der Waals surface area contributed by atoms with Crippen molar-refractivity contribution in [2.75, 3.05) is 78.7 Å². The molecule has 0 atom stereocenters. The number of hydrogen-bond acceptors (Lipinski definition) is 20. The number of piperidine rings is 5. The van der Waals surface area contributed by atoms with Crippen LogP contribution in [0, 0.1) is 5.41 Å². The maximum Gasteiger partial charge on any atom is 0.464 e. The monoisotopic (exact) mass is 1710 g/mol. The number of amides is 5. The Hall–Kier alpha value is -7.62. The number of benzene rings is 5. The largest absolute Gasteiger partial charge is 0.464 e. The molecule has 5 aromatic rings. The average molecular weight is 1710 g/mol. The van der Waals surface area contributed by atoms with E-state index in [1.54, 1.807) is 28.9 Å². The third-order valence-corrected chi connectivity index (χ3v) is 29.7. The van der Waals surface area contributed by atoms with Crippen LogP contribution in [0.15, 0.2) is 121 Å². The second kappa shape index (κ2) is 36.1. The number of nitrogens with zero attached hydrogens (tertiary/aromatic N) is 4. The summed E-state index contributed by atoms with van der Waals surface area (Å²) in [7, 11) is -0.491. The minimum Gasteiger partial charge on any atom is -0.448 e. The second-order valence-corrected chi connectivity index (χ2v) is 41.8. The number of fused-ring (bicyclic) bond motifs is 7. The zero-order chi connectivity index (χ0) is 89.8. The summed E-state index contributed by atoms with van der Waals surface area (Å²) in [5.74, 6) is -1.03. The van der Waals surface area contributed by atoms with Gasteiger partial charge in [0.15, 0.2) is 0 Å². The summed E-state index contributed by atoms with van der Waals surface area (Å²) in [5.41, 5.74) is 6.55. The molecule has 0 unspecified atom stereocenters. The van der Waals surface area contributed by atoms with Crippen LogP contribution in [0.2, 0.25) is 22.3 Å². The van der Waals surface area contributed by atoms with E-state index in [0.29, 0.717) is 75.4 Å². The van der Waals surface area contributed by atoms with Gasteiger partial charge in [0, 0.05) is 61.7 Å². The van der Waals surface area contributed by atoms with Crippen LogP contribution in [0.3, 0.4) is 0 Å². The van der Waals surface area contributed by atoms with Crippen molar-refractivity contribution in [3.63, 3.8) is 0 Å². The van der Waals surface area contributed by atoms with Crippen molar-refractivity contribution in [2.45, 2.75) is 301 Å². The van der Waals surface area contributed by atoms with Crippen molar-refractivity contribution >= 4 is 64.5 Å². The van der Waals surface area contributed by atoms with Gasteiger partial charge in [0.05, 0.1) is 61.4 Å². The molecule has 10 aliphatic heterocycles. The van der Waals surface area contributed by atoms with Crippen molar-refractivity contribution in [2.24, 2.45) is 5.41 Å². The third kappa shape index (κ3) is 19.8. The van der Waals surface area contributed by atoms with Gasteiger partial charge in [0.2, 0.25) is 0 Å². The maximum absolute atomic E-state index is 13.0. The fourth-order valence-electron chi connectivity index (χ4n) is 18.1. The van der Waals surface area contributed by atoms with E-state index in [9.17, 15) is 28.8 Å². The van der Waals surface area contributed by atoms with Crippen LogP contribution in [0.5, 0.6) is 0 Å². The summed E-state index contributed by atoms with van der Waals surface area (Å²) in [6.45, 7) is 53.7. The Morgan fingerprint density at radius 2 is 0.661 bits per heavy atom. The second-order valence-electron chi connectivity index (χ2n) is 41.8. The number of imide groups is 1. The number of likely N-dealkylation sites (tertiary alicyclic amines) is 3. The first kappa shape index (κ1) is 94.0. The molecule has 5 amide bonds. The lowest BCUT2D eigenvalue weighted by Gasteiger charge is -2.39. The molecule has 17 rings (SSSR count). The Kier molecular flexibility index (Phi) is 27.4. The molecular weight excluding hydrogens is 1570 g/mol. The average Bonchev–Trinajstić information content (AvgIpc) is 1.04.